The van der Waals surface area contributed by atoms with E-state index in [1.807, 2.05) is 0 Å². The predicted octanol–water partition coefficient (Wildman–Crippen LogP) is 3.57. The molecule has 5 nitrogen and oxygen atoms in total. The molecule has 19 heavy (non-hydrogen) atoms. The van der Waals surface area contributed by atoms with Crippen molar-refractivity contribution in [1.29, 1.82) is 0 Å². The van der Waals surface area contributed by atoms with Gasteiger partial charge in [-0.05, 0) is 30.4 Å². The van der Waals surface area contributed by atoms with Crippen LogP contribution in [0.4, 0.5) is 11.4 Å². The monoisotopic (exact) mass is 330 g/mol. The fourth-order valence-electron chi connectivity index (χ4n) is 1.79. The molecule has 1 rings (SSSR count). The van der Waals surface area contributed by atoms with E-state index < -0.39 is 4.92 Å². The summed E-state index contributed by atoms with van der Waals surface area (Å²) in [6, 6.07) is 4.96. The molecule has 0 bridgehead atoms. The molecule has 1 aromatic carbocycles. The highest BCUT2D eigenvalue weighted by atomic mass is 79.9. The highest BCUT2D eigenvalue weighted by molar-refractivity contribution is 9.10. The summed E-state index contributed by atoms with van der Waals surface area (Å²) in [5, 5.41) is 23.0. The van der Waals surface area contributed by atoms with Gasteiger partial charge in [0.05, 0.1) is 4.92 Å². The van der Waals surface area contributed by atoms with E-state index in [1.165, 1.54) is 6.07 Å². The molecule has 0 saturated carbocycles. The van der Waals surface area contributed by atoms with Crippen molar-refractivity contribution in [2.24, 2.45) is 5.41 Å². The van der Waals surface area contributed by atoms with Gasteiger partial charge in [0.15, 0.2) is 0 Å². The molecule has 0 aliphatic rings. The number of hydrogen-bond acceptors (Lipinski definition) is 4. The maximum absolute atomic E-state index is 11.0. The molecule has 0 radical (unpaired) electrons. The Morgan fingerprint density at radius 3 is 2.74 bits per heavy atom. The summed E-state index contributed by atoms with van der Waals surface area (Å²) in [5.74, 6) is 0. The normalized spacial score (nSPS) is 11.4. The second-order valence-electron chi connectivity index (χ2n) is 5.26. The summed E-state index contributed by atoms with van der Waals surface area (Å²) >= 11 is 3.23. The Morgan fingerprint density at radius 2 is 2.16 bits per heavy atom. The maximum atomic E-state index is 11.0. The Balaban J connectivity index is 2.75. The number of anilines is 1. The number of nitro benzene ring substituents is 1. The fourth-order valence-corrected chi connectivity index (χ4v) is 2.13. The maximum Gasteiger partial charge on any atom is 0.293 e. The largest absolute Gasteiger partial charge is 0.396 e. The molecule has 6 heteroatoms. The minimum absolute atomic E-state index is 0.0241. The number of nitrogens with zero attached hydrogens (tertiary/aromatic N) is 1. The van der Waals surface area contributed by atoms with Crippen molar-refractivity contribution in [2.75, 3.05) is 18.5 Å². The smallest absolute Gasteiger partial charge is 0.293 e. The standard InChI is InChI=1S/C13H19BrN2O3/c1-13(2,6-3-7-17)9-15-11-5-4-10(14)8-12(11)16(18)19/h4-5,8,15,17H,3,6-7,9H2,1-2H3. The number of rotatable bonds is 7. The average Bonchev–Trinajstić information content (AvgIpc) is 2.35. The van der Waals surface area contributed by atoms with Gasteiger partial charge in [0, 0.05) is 23.7 Å². The van der Waals surface area contributed by atoms with E-state index in [0.717, 1.165) is 12.8 Å². The molecule has 0 heterocycles. The van der Waals surface area contributed by atoms with Gasteiger partial charge in [-0.25, -0.2) is 0 Å². The molecule has 1 aromatic rings. The van der Waals surface area contributed by atoms with Crippen molar-refractivity contribution in [3.8, 4) is 0 Å². The molecule has 0 fully saturated rings. The van der Waals surface area contributed by atoms with Crippen molar-refractivity contribution in [1.82, 2.24) is 0 Å². The van der Waals surface area contributed by atoms with Gasteiger partial charge in [0.1, 0.15) is 5.69 Å². The summed E-state index contributed by atoms with van der Waals surface area (Å²) in [6.07, 6.45) is 1.60. The number of aliphatic hydroxyl groups is 1. The van der Waals surface area contributed by atoms with Crippen LogP contribution in [0.15, 0.2) is 22.7 Å². The second-order valence-corrected chi connectivity index (χ2v) is 6.18. The van der Waals surface area contributed by atoms with Crippen molar-refractivity contribution >= 4 is 27.3 Å². The third kappa shape index (κ3) is 5.16. The molecular weight excluding hydrogens is 312 g/mol. The second kappa shape index (κ2) is 6.86. The summed E-state index contributed by atoms with van der Waals surface area (Å²) in [4.78, 5) is 10.6. The van der Waals surface area contributed by atoms with E-state index >= 15 is 0 Å². The number of halogens is 1. The first-order valence-electron chi connectivity index (χ1n) is 6.14. The van der Waals surface area contributed by atoms with Crippen LogP contribution in [0.1, 0.15) is 26.7 Å². The molecule has 0 atom stereocenters. The summed E-state index contributed by atoms with van der Waals surface area (Å²) in [5.41, 5.74) is 0.557. The highest BCUT2D eigenvalue weighted by Gasteiger charge is 2.20. The van der Waals surface area contributed by atoms with E-state index in [2.05, 4.69) is 35.1 Å². The van der Waals surface area contributed by atoms with Crippen LogP contribution in [0.5, 0.6) is 0 Å². The number of aliphatic hydroxyl groups excluding tert-OH is 1. The SMILES string of the molecule is CC(C)(CCCO)CNc1ccc(Br)cc1[N+](=O)[O-]. The van der Waals surface area contributed by atoms with Crippen LogP contribution in [0, 0.1) is 15.5 Å². The molecule has 0 saturated heterocycles. The molecule has 0 amide bonds. The number of nitro groups is 1. The van der Waals surface area contributed by atoms with E-state index in [-0.39, 0.29) is 17.7 Å². The first kappa shape index (κ1) is 15.9. The van der Waals surface area contributed by atoms with Gasteiger partial charge in [-0.1, -0.05) is 29.8 Å². The minimum atomic E-state index is -0.395. The lowest BCUT2D eigenvalue weighted by atomic mass is 9.88. The average molecular weight is 331 g/mol. The Labute approximate surface area is 121 Å². The van der Waals surface area contributed by atoms with Gasteiger partial charge < -0.3 is 10.4 Å². The molecular formula is C13H19BrN2O3. The van der Waals surface area contributed by atoms with Crippen molar-refractivity contribution in [2.45, 2.75) is 26.7 Å². The van der Waals surface area contributed by atoms with Gasteiger partial charge in [-0.15, -0.1) is 0 Å². The van der Waals surface area contributed by atoms with Crippen LogP contribution >= 0.6 is 15.9 Å². The molecule has 0 aromatic heterocycles. The summed E-state index contributed by atoms with van der Waals surface area (Å²) < 4.78 is 0.685. The number of hydrogen-bond donors (Lipinski definition) is 2. The zero-order valence-corrected chi connectivity index (χ0v) is 12.7. The predicted molar refractivity (Wildman–Crippen MR) is 79.4 cm³/mol. The van der Waals surface area contributed by atoms with Crippen LogP contribution in [0.2, 0.25) is 0 Å². The Kier molecular flexibility index (Phi) is 5.75. The number of benzene rings is 1. The van der Waals surface area contributed by atoms with Crippen molar-refractivity contribution < 1.29 is 10.0 Å². The quantitative estimate of drug-likeness (QED) is 0.592. The fraction of sp³-hybridized carbons (Fsp3) is 0.538. The van der Waals surface area contributed by atoms with Gasteiger partial charge >= 0.3 is 0 Å². The Morgan fingerprint density at radius 1 is 1.47 bits per heavy atom. The van der Waals surface area contributed by atoms with Crippen molar-refractivity contribution in [3.63, 3.8) is 0 Å². The van der Waals surface area contributed by atoms with E-state index in [4.69, 9.17) is 5.11 Å². The van der Waals surface area contributed by atoms with Crippen molar-refractivity contribution in [3.05, 3.63) is 32.8 Å². The Bertz CT molecular complexity index is 450. The summed E-state index contributed by atoms with van der Waals surface area (Å²) in [6.45, 7) is 4.93. The lowest BCUT2D eigenvalue weighted by molar-refractivity contribution is -0.384. The first-order chi connectivity index (χ1) is 8.85. The van der Waals surface area contributed by atoms with E-state index in [1.54, 1.807) is 12.1 Å². The molecule has 106 valence electrons. The van der Waals surface area contributed by atoms with Gasteiger partial charge in [0.2, 0.25) is 0 Å². The highest BCUT2D eigenvalue weighted by Crippen LogP contribution is 2.30. The van der Waals surface area contributed by atoms with Gasteiger partial charge in [0.25, 0.3) is 5.69 Å². The summed E-state index contributed by atoms with van der Waals surface area (Å²) in [7, 11) is 0. The lowest BCUT2D eigenvalue weighted by Gasteiger charge is -2.25. The van der Waals surface area contributed by atoms with Crippen LogP contribution in [-0.2, 0) is 0 Å². The zero-order valence-electron chi connectivity index (χ0n) is 11.1. The van der Waals surface area contributed by atoms with Gasteiger partial charge in [-0.3, -0.25) is 10.1 Å². The van der Waals surface area contributed by atoms with Crippen LogP contribution < -0.4 is 5.32 Å². The lowest BCUT2D eigenvalue weighted by Crippen LogP contribution is -2.23. The minimum Gasteiger partial charge on any atom is -0.396 e. The van der Waals surface area contributed by atoms with Gasteiger partial charge in [-0.2, -0.15) is 0 Å². The molecule has 2 N–H and O–H groups in total. The van der Waals surface area contributed by atoms with Crippen LogP contribution in [-0.4, -0.2) is 23.2 Å². The molecule has 0 unspecified atom stereocenters. The third-order valence-electron chi connectivity index (χ3n) is 2.93. The molecule has 0 spiro atoms. The zero-order chi connectivity index (χ0) is 14.5. The molecule has 0 aliphatic carbocycles. The van der Waals surface area contributed by atoms with Crippen LogP contribution in [0.3, 0.4) is 0 Å². The molecule has 0 aliphatic heterocycles. The third-order valence-corrected chi connectivity index (χ3v) is 3.42. The van der Waals surface area contributed by atoms with Crippen LogP contribution in [0.25, 0.3) is 0 Å². The van der Waals surface area contributed by atoms with E-state index in [9.17, 15) is 10.1 Å². The Hall–Kier alpha value is -1.14. The first-order valence-corrected chi connectivity index (χ1v) is 6.94. The number of nitrogens with one attached hydrogen (secondary N) is 1. The topological polar surface area (TPSA) is 75.4 Å². The van der Waals surface area contributed by atoms with E-state index in [0.29, 0.717) is 16.7 Å².